The lowest BCUT2D eigenvalue weighted by atomic mass is 10.2. The Bertz CT molecular complexity index is 1170. The van der Waals surface area contributed by atoms with Crippen LogP contribution in [0.2, 0.25) is 5.28 Å². The summed E-state index contributed by atoms with van der Waals surface area (Å²) in [6.07, 6.45) is 3.64. The van der Waals surface area contributed by atoms with Crippen LogP contribution >= 0.6 is 19.2 Å². The van der Waals surface area contributed by atoms with E-state index in [1.807, 2.05) is 0 Å². The number of aliphatic hydroxyl groups excluding tert-OH is 1. The minimum atomic E-state index is -5.07. The van der Waals surface area contributed by atoms with Gasteiger partial charge in [0.25, 0.3) is 5.18 Å². The number of halogens is 1. The lowest BCUT2D eigenvalue weighted by Gasteiger charge is -2.20. The number of ether oxygens (including phenoxy) is 2. The lowest BCUT2D eigenvalue weighted by Crippen LogP contribution is -2.28. The molecule has 2 aliphatic rings. The molecule has 13 nitrogen and oxygen atoms in total. The fraction of sp³-hybridized carbons (Fsp3) is 0.706. The van der Waals surface area contributed by atoms with E-state index in [1.54, 1.807) is 0 Å². The molecule has 4 atom stereocenters. The van der Waals surface area contributed by atoms with Crippen molar-refractivity contribution in [3.05, 3.63) is 11.5 Å². The van der Waals surface area contributed by atoms with E-state index in [1.165, 1.54) is 10.9 Å². The third-order valence-corrected chi connectivity index (χ3v) is 9.30. The molecule has 0 radical (unpaired) electrons. The van der Waals surface area contributed by atoms with Crippen molar-refractivity contribution in [1.82, 2.24) is 19.7 Å². The molecule has 2 aromatic heterocycles. The number of rotatable bonds is 8. The van der Waals surface area contributed by atoms with Crippen LogP contribution in [0.3, 0.4) is 0 Å². The van der Waals surface area contributed by atoms with Crippen molar-refractivity contribution >= 4 is 45.9 Å². The standard InChI is InChI=1S/C17H25ClN5O8PS/c1-33(28,29)17(32(25,26)27)30-8-10-6-12(24)15(31-10)23-14-11(7-19-23)13(21-16(18)22-14)20-9-4-2-3-5-9/h7,9-10,12,15,17,24H,2-6,8H2,1H3,(H,20,21,22)(H2,25,26,27)/t10-,12+,15+,17?/m0/s1. The number of nitrogens with one attached hydrogen (secondary N) is 1. The molecule has 33 heavy (non-hydrogen) atoms. The summed E-state index contributed by atoms with van der Waals surface area (Å²) >= 11 is 6.12. The molecule has 1 aliphatic carbocycles. The molecule has 0 amide bonds. The Labute approximate surface area is 194 Å². The molecule has 0 aromatic carbocycles. The summed E-state index contributed by atoms with van der Waals surface area (Å²) < 4.78 is 47.0. The smallest absolute Gasteiger partial charge is 0.369 e. The first kappa shape index (κ1) is 24.7. The van der Waals surface area contributed by atoms with E-state index in [0.29, 0.717) is 23.1 Å². The molecule has 0 spiro atoms. The van der Waals surface area contributed by atoms with Gasteiger partial charge in [-0.1, -0.05) is 12.8 Å². The average molecular weight is 526 g/mol. The Morgan fingerprint density at radius 2 is 2.06 bits per heavy atom. The molecule has 4 rings (SSSR count). The van der Waals surface area contributed by atoms with Crippen molar-refractivity contribution in [2.75, 3.05) is 18.2 Å². The zero-order valence-electron chi connectivity index (χ0n) is 17.6. The fourth-order valence-electron chi connectivity index (χ4n) is 4.18. The van der Waals surface area contributed by atoms with E-state index in [2.05, 4.69) is 20.4 Å². The molecule has 3 heterocycles. The highest BCUT2D eigenvalue weighted by Gasteiger charge is 2.42. The first-order chi connectivity index (χ1) is 15.4. The molecule has 2 aromatic rings. The van der Waals surface area contributed by atoms with Gasteiger partial charge in [0.2, 0.25) is 5.28 Å². The van der Waals surface area contributed by atoms with Crippen LogP contribution in [0.5, 0.6) is 0 Å². The van der Waals surface area contributed by atoms with Gasteiger partial charge in [-0.2, -0.15) is 15.1 Å². The van der Waals surface area contributed by atoms with Crippen LogP contribution in [0, 0.1) is 0 Å². The lowest BCUT2D eigenvalue weighted by molar-refractivity contribution is -0.0648. The van der Waals surface area contributed by atoms with Gasteiger partial charge in [-0.15, -0.1) is 0 Å². The molecule has 16 heteroatoms. The van der Waals surface area contributed by atoms with Crippen LogP contribution in [-0.2, 0) is 23.9 Å². The largest absolute Gasteiger partial charge is 0.388 e. The molecule has 2 fully saturated rings. The van der Waals surface area contributed by atoms with Gasteiger partial charge in [0.1, 0.15) is 11.9 Å². The summed E-state index contributed by atoms with van der Waals surface area (Å²) in [5.41, 5.74) is 0.338. The van der Waals surface area contributed by atoms with E-state index in [0.717, 1.165) is 25.7 Å². The monoisotopic (exact) mass is 525 g/mol. The Morgan fingerprint density at radius 3 is 2.70 bits per heavy atom. The maximum absolute atomic E-state index is 11.7. The van der Waals surface area contributed by atoms with E-state index in [-0.39, 0.29) is 17.7 Å². The van der Waals surface area contributed by atoms with E-state index in [9.17, 15) is 27.9 Å². The zero-order valence-corrected chi connectivity index (χ0v) is 20.1. The number of hydrogen-bond acceptors (Lipinski definition) is 10. The van der Waals surface area contributed by atoms with Crippen molar-refractivity contribution in [2.45, 2.75) is 61.8 Å². The van der Waals surface area contributed by atoms with Crippen molar-refractivity contribution < 1.29 is 37.3 Å². The number of sulfone groups is 1. The van der Waals surface area contributed by atoms with Crippen LogP contribution in [0.1, 0.15) is 38.3 Å². The first-order valence-corrected chi connectivity index (χ1v) is 14.3. The molecule has 1 unspecified atom stereocenters. The second kappa shape index (κ2) is 9.34. The van der Waals surface area contributed by atoms with E-state index < -0.39 is 47.7 Å². The van der Waals surface area contributed by atoms with Gasteiger partial charge in [-0.25, -0.2) is 13.1 Å². The molecular weight excluding hydrogens is 501 g/mol. The summed E-state index contributed by atoms with van der Waals surface area (Å²) in [6.45, 7) is -0.458. The van der Waals surface area contributed by atoms with E-state index >= 15 is 0 Å². The van der Waals surface area contributed by atoms with Gasteiger partial charge < -0.3 is 29.7 Å². The summed E-state index contributed by atoms with van der Waals surface area (Å²) in [7, 11) is -9.27. The SMILES string of the molecule is CS(=O)(=O)C(OC[C@@H]1C[C@@H](O)[C@H](n2ncc3c(NC4CCCC4)nc(Cl)nc32)O1)P(=O)(O)O. The van der Waals surface area contributed by atoms with Crippen LogP contribution in [0.25, 0.3) is 11.0 Å². The van der Waals surface area contributed by atoms with Crippen molar-refractivity contribution in [1.29, 1.82) is 0 Å². The second-order valence-corrected chi connectivity index (χ2v) is 12.7. The number of nitrogens with zero attached hydrogens (tertiary/aromatic N) is 4. The summed E-state index contributed by atoms with van der Waals surface area (Å²) in [5.74, 6) is 0.535. The highest BCUT2D eigenvalue weighted by Crippen LogP contribution is 2.45. The normalized spacial score (nSPS) is 25.7. The number of fused-ring (bicyclic) bond motifs is 1. The van der Waals surface area contributed by atoms with Crippen molar-refractivity contribution in [2.24, 2.45) is 0 Å². The number of aromatic nitrogens is 4. The molecule has 1 saturated carbocycles. The van der Waals surface area contributed by atoms with Gasteiger partial charge in [0.05, 0.1) is 24.3 Å². The van der Waals surface area contributed by atoms with Gasteiger partial charge in [0.15, 0.2) is 21.7 Å². The van der Waals surface area contributed by atoms with Crippen molar-refractivity contribution in [3.8, 4) is 0 Å². The number of anilines is 1. The molecule has 1 saturated heterocycles. The van der Waals surface area contributed by atoms with Gasteiger partial charge >= 0.3 is 7.60 Å². The fourth-order valence-corrected chi connectivity index (χ4v) is 6.94. The first-order valence-electron chi connectivity index (χ1n) is 10.3. The number of aliphatic hydroxyl groups is 1. The minimum absolute atomic E-state index is 0.00486. The van der Waals surface area contributed by atoms with Gasteiger partial charge in [-0.3, -0.25) is 4.57 Å². The topological polar surface area (TPSA) is 186 Å². The van der Waals surface area contributed by atoms with Gasteiger partial charge in [0, 0.05) is 18.7 Å². The Kier molecular flexibility index (Phi) is 7.00. The summed E-state index contributed by atoms with van der Waals surface area (Å²) in [4.78, 5) is 27.1. The molecule has 4 N–H and O–H groups in total. The second-order valence-electron chi connectivity index (χ2n) is 8.30. The maximum atomic E-state index is 11.7. The third kappa shape index (κ3) is 5.49. The van der Waals surface area contributed by atoms with Crippen LogP contribution in [0.4, 0.5) is 5.82 Å². The highest BCUT2D eigenvalue weighted by molar-refractivity contribution is 7.97. The predicted molar refractivity (Wildman–Crippen MR) is 117 cm³/mol. The third-order valence-electron chi connectivity index (χ3n) is 5.59. The Balaban J connectivity index is 1.52. The van der Waals surface area contributed by atoms with Crippen molar-refractivity contribution in [3.63, 3.8) is 0 Å². The Hall–Kier alpha value is -1.38. The Morgan fingerprint density at radius 1 is 1.36 bits per heavy atom. The van der Waals surface area contributed by atoms with Crippen LogP contribution < -0.4 is 5.32 Å². The average Bonchev–Trinajstić information content (AvgIpc) is 3.40. The maximum Gasteiger partial charge on any atom is 0.369 e. The zero-order chi connectivity index (χ0) is 24.0. The molecule has 1 aliphatic heterocycles. The summed E-state index contributed by atoms with van der Waals surface area (Å²) in [5, 5.41) is 16.5. The molecule has 0 bridgehead atoms. The molecule has 184 valence electrons. The number of hydrogen-bond donors (Lipinski definition) is 4. The summed E-state index contributed by atoms with van der Waals surface area (Å²) in [6, 6.07) is 0.272. The van der Waals surface area contributed by atoms with E-state index in [4.69, 9.17) is 21.1 Å². The highest BCUT2D eigenvalue weighted by atomic mass is 35.5. The van der Waals surface area contributed by atoms with Gasteiger partial charge in [-0.05, 0) is 24.4 Å². The van der Waals surface area contributed by atoms with Crippen LogP contribution in [-0.4, -0.2) is 79.3 Å². The predicted octanol–water partition coefficient (Wildman–Crippen LogP) is 1.01. The van der Waals surface area contributed by atoms with Crippen LogP contribution in [0.15, 0.2) is 6.20 Å². The quantitative estimate of drug-likeness (QED) is 0.283. The molecular formula is C17H25ClN5O8PS. The minimum Gasteiger partial charge on any atom is -0.388 e.